The second-order valence-electron chi connectivity index (χ2n) is 7.08. The Labute approximate surface area is 155 Å². The quantitative estimate of drug-likeness (QED) is 0.693. The number of hydrogen-bond acceptors (Lipinski definition) is 6. The summed E-state index contributed by atoms with van der Waals surface area (Å²) in [5.41, 5.74) is 6.40. The van der Waals surface area contributed by atoms with E-state index in [1.807, 2.05) is 24.3 Å². The number of hydrogen-bond donors (Lipinski definition) is 2. The van der Waals surface area contributed by atoms with E-state index in [1.54, 1.807) is 0 Å². The molecule has 26 heavy (non-hydrogen) atoms. The largest absolute Gasteiger partial charge is 0.492 e. The lowest BCUT2D eigenvalue weighted by molar-refractivity contribution is -0.121. The van der Waals surface area contributed by atoms with Crippen LogP contribution in [-0.2, 0) is 16.0 Å². The van der Waals surface area contributed by atoms with Crippen molar-refractivity contribution in [1.29, 1.82) is 0 Å². The standard InChI is InChI=1S/C19H30N4O3/c1-22-7-9-23(10-8-22)18-14-25-13-17(18)21-19(24)12-15-2-4-16(5-3-15)26-11-6-20/h2-5,17-18H,6-14,20H2,1H3,(H,21,24)/t17-,18-/m0/s1. The molecule has 2 aliphatic heterocycles. The number of carbonyl (C=O) groups is 1. The molecule has 2 aliphatic rings. The van der Waals surface area contributed by atoms with Crippen LogP contribution in [0.4, 0.5) is 0 Å². The lowest BCUT2D eigenvalue weighted by Gasteiger charge is -2.38. The number of benzene rings is 1. The Morgan fingerprint density at radius 1 is 1.23 bits per heavy atom. The fourth-order valence-corrected chi connectivity index (χ4v) is 3.52. The van der Waals surface area contributed by atoms with Crippen molar-refractivity contribution in [3.8, 4) is 5.75 Å². The van der Waals surface area contributed by atoms with Crippen LogP contribution in [0, 0.1) is 0 Å². The van der Waals surface area contributed by atoms with E-state index in [9.17, 15) is 4.79 Å². The van der Waals surface area contributed by atoms with Crippen molar-refractivity contribution in [1.82, 2.24) is 15.1 Å². The molecule has 0 aromatic heterocycles. The van der Waals surface area contributed by atoms with Gasteiger partial charge in [0.25, 0.3) is 0 Å². The zero-order chi connectivity index (χ0) is 18.4. The summed E-state index contributed by atoms with van der Waals surface area (Å²) in [6.07, 6.45) is 0.364. The SMILES string of the molecule is CN1CCN([C@H]2COC[C@@H]2NC(=O)Cc2ccc(OCCN)cc2)CC1. The molecule has 2 saturated heterocycles. The number of amides is 1. The van der Waals surface area contributed by atoms with E-state index in [1.165, 1.54) is 0 Å². The highest BCUT2D eigenvalue weighted by molar-refractivity contribution is 5.79. The predicted octanol–water partition coefficient (Wildman–Crippen LogP) is -0.302. The third kappa shape index (κ3) is 5.17. The van der Waals surface area contributed by atoms with Crippen molar-refractivity contribution >= 4 is 5.91 Å². The van der Waals surface area contributed by atoms with Crippen LogP contribution in [0.3, 0.4) is 0 Å². The maximum absolute atomic E-state index is 12.5. The Bertz CT molecular complexity index is 573. The maximum atomic E-state index is 12.5. The minimum Gasteiger partial charge on any atom is -0.492 e. The first-order valence-corrected chi connectivity index (χ1v) is 9.37. The van der Waals surface area contributed by atoms with Gasteiger partial charge in [-0.25, -0.2) is 0 Å². The number of nitrogens with two attached hydrogens (primary N) is 1. The number of likely N-dealkylation sites (N-methyl/N-ethyl adjacent to an activating group) is 1. The molecule has 0 radical (unpaired) electrons. The van der Waals surface area contributed by atoms with Gasteiger partial charge in [-0.3, -0.25) is 9.69 Å². The van der Waals surface area contributed by atoms with E-state index in [4.69, 9.17) is 15.2 Å². The highest BCUT2D eigenvalue weighted by Crippen LogP contribution is 2.16. The summed E-state index contributed by atoms with van der Waals surface area (Å²) in [4.78, 5) is 17.2. The Kier molecular flexibility index (Phi) is 6.85. The Hall–Kier alpha value is -1.67. The van der Waals surface area contributed by atoms with Crippen LogP contribution in [0.25, 0.3) is 0 Å². The van der Waals surface area contributed by atoms with Gasteiger partial charge in [-0.15, -0.1) is 0 Å². The molecule has 2 heterocycles. The van der Waals surface area contributed by atoms with E-state index in [-0.39, 0.29) is 18.0 Å². The molecule has 1 aromatic carbocycles. The zero-order valence-corrected chi connectivity index (χ0v) is 15.5. The van der Waals surface area contributed by atoms with Crippen molar-refractivity contribution < 1.29 is 14.3 Å². The molecule has 3 N–H and O–H groups in total. The van der Waals surface area contributed by atoms with Gasteiger partial charge >= 0.3 is 0 Å². The molecule has 1 amide bonds. The van der Waals surface area contributed by atoms with Gasteiger partial charge in [-0.05, 0) is 24.7 Å². The molecule has 0 spiro atoms. The lowest BCUT2D eigenvalue weighted by atomic mass is 10.1. The summed E-state index contributed by atoms with van der Waals surface area (Å²) in [6, 6.07) is 7.95. The average Bonchev–Trinajstić information content (AvgIpc) is 3.09. The number of rotatable bonds is 7. The molecule has 0 saturated carbocycles. The van der Waals surface area contributed by atoms with Crippen LogP contribution in [0.1, 0.15) is 5.56 Å². The van der Waals surface area contributed by atoms with Crippen LogP contribution in [0.15, 0.2) is 24.3 Å². The third-order valence-electron chi connectivity index (χ3n) is 5.08. The van der Waals surface area contributed by atoms with Gasteiger partial charge in [0.05, 0.1) is 31.7 Å². The normalized spacial score (nSPS) is 24.5. The number of nitrogens with one attached hydrogen (secondary N) is 1. The topological polar surface area (TPSA) is 80.1 Å². The van der Waals surface area contributed by atoms with E-state index >= 15 is 0 Å². The van der Waals surface area contributed by atoms with Crippen LogP contribution < -0.4 is 15.8 Å². The maximum Gasteiger partial charge on any atom is 0.224 e. The molecule has 2 atom stereocenters. The number of ether oxygens (including phenoxy) is 2. The molecule has 0 unspecified atom stereocenters. The molecular weight excluding hydrogens is 332 g/mol. The monoisotopic (exact) mass is 362 g/mol. The smallest absolute Gasteiger partial charge is 0.224 e. The molecule has 0 bridgehead atoms. The minimum absolute atomic E-state index is 0.0373. The fourth-order valence-electron chi connectivity index (χ4n) is 3.52. The Morgan fingerprint density at radius 3 is 2.65 bits per heavy atom. The van der Waals surface area contributed by atoms with Crippen LogP contribution >= 0.6 is 0 Å². The van der Waals surface area contributed by atoms with Crippen LogP contribution in [0.2, 0.25) is 0 Å². The first-order chi connectivity index (χ1) is 12.7. The number of piperazine rings is 1. The van der Waals surface area contributed by atoms with Gasteiger partial charge in [0.15, 0.2) is 0 Å². The van der Waals surface area contributed by atoms with E-state index < -0.39 is 0 Å². The molecule has 7 heteroatoms. The molecular formula is C19H30N4O3. The molecule has 7 nitrogen and oxygen atoms in total. The zero-order valence-electron chi connectivity index (χ0n) is 15.5. The van der Waals surface area contributed by atoms with Crippen molar-refractivity contribution in [3.63, 3.8) is 0 Å². The summed E-state index contributed by atoms with van der Waals surface area (Å²) in [5.74, 6) is 0.814. The summed E-state index contributed by atoms with van der Waals surface area (Å²) in [5, 5.41) is 3.17. The minimum atomic E-state index is 0.0373. The van der Waals surface area contributed by atoms with Gasteiger partial charge in [-0.2, -0.15) is 0 Å². The predicted molar refractivity (Wildman–Crippen MR) is 100 cm³/mol. The summed E-state index contributed by atoms with van der Waals surface area (Å²) in [6.45, 7) is 6.46. The third-order valence-corrected chi connectivity index (χ3v) is 5.08. The van der Waals surface area contributed by atoms with E-state index in [0.29, 0.717) is 32.8 Å². The highest BCUT2D eigenvalue weighted by Gasteiger charge is 2.35. The van der Waals surface area contributed by atoms with Crippen molar-refractivity contribution in [2.45, 2.75) is 18.5 Å². The summed E-state index contributed by atoms with van der Waals surface area (Å²) in [7, 11) is 2.15. The summed E-state index contributed by atoms with van der Waals surface area (Å²) < 4.78 is 11.1. The Balaban J connectivity index is 1.49. The van der Waals surface area contributed by atoms with Gasteiger partial charge in [0.2, 0.25) is 5.91 Å². The second kappa shape index (κ2) is 9.32. The van der Waals surface area contributed by atoms with Gasteiger partial charge in [-0.1, -0.05) is 12.1 Å². The molecule has 1 aromatic rings. The number of carbonyl (C=O) groups excluding carboxylic acids is 1. The van der Waals surface area contributed by atoms with Crippen LogP contribution in [-0.4, -0.2) is 87.4 Å². The first kappa shape index (κ1) is 19.1. The number of nitrogens with zero attached hydrogens (tertiary/aromatic N) is 2. The average molecular weight is 362 g/mol. The molecule has 144 valence electrons. The first-order valence-electron chi connectivity index (χ1n) is 9.37. The fraction of sp³-hybridized carbons (Fsp3) is 0.632. The van der Waals surface area contributed by atoms with Crippen LogP contribution in [0.5, 0.6) is 5.75 Å². The Morgan fingerprint density at radius 2 is 1.96 bits per heavy atom. The van der Waals surface area contributed by atoms with E-state index in [2.05, 4.69) is 22.2 Å². The molecule has 2 fully saturated rings. The van der Waals surface area contributed by atoms with Crippen molar-refractivity contribution in [3.05, 3.63) is 29.8 Å². The molecule has 0 aliphatic carbocycles. The van der Waals surface area contributed by atoms with Gasteiger partial charge < -0.3 is 25.4 Å². The van der Waals surface area contributed by atoms with Gasteiger partial charge in [0, 0.05) is 32.7 Å². The molecule has 3 rings (SSSR count). The van der Waals surface area contributed by atoms with Gasteiger partial charge in [0.1, 0.15) is 12.4 Å². The summed E-state index contributed by atoms with van der Waals surface area (Å²) >= 11 is 0. The van der Waals surface area contributed by atoms with Crippen molar-refractivity contribution in [2.75, 3.05) is 59.6 Å². The lowest BCUT2D eigenvalue weighted by Crippen LogP contribution is -2.56. The second-order valence-corrected chi connectivity index (χ2v) is 7.08. The van der Waals surface area contributed by atoms with Crippen molar-refractivity contribution in [2.24, 2.45) is 5.73 Å². The highest BCUT2D eigenvalue weighted by atomic mass is 16.5. The van der Waals surface area contributed by atoms with E-state index in [0.717, 1.165) is 37.5 Å².